The Morgan fingerprint density at radius 1 is 0.383 bits per heavy atom. The van der Waals surface area contributed by atoms with Gasteiger partial charge in [-0.2, -0.15) is 0 Å². The molecule has 0 spiro atoms. The number of aromatic nitrogens is 3. The summed E-state index contributed by atoms with van der Waals surface area (Å²) in [5.41, 5.74) is 9.71. The number of benzene rings is 6. The third kappa shape index (κ3) is 4.59. The summed E-state index contributed by atoms with van der Waals surface area (Å²) in [4.78, 5) is 14.9. The summed E-state index contributed by atoms with van der Waals surface area (Å²) in [5, 5.41) is 0. The largest absolute Gasteiger partial charge is 0.449 e. The van der Waals surface area contributed by atoms with Crippen molar-refractivity contribution in [3.05, 3.63) is 151 Å². The third-order valence-corrected chi connectivity index (χ3v) is 9.18. The Bertz CT molecular complexity index is 2330. The summed E-state index contributed by atoms with van der Waals surface area (Å²) in [6.07, 6.45) is 0. The van der Waals surface area contributed by atoms with E-state index in [0.717, 1.165) is 27.8 Å². The Morgan fingerprint density at radius 3 is 1.70 bits per heavy atom. The molecular formula is C42H29N3O2. The van der Waals surface area contributed by atoms with Crippen LogP contribution < -0.4 is 9.47 Å². The van der Waals surface area contributed by atoms with Crippen molar-refractivity contribution in [2.75, 3.05) is 0 Å². The van der Waals surface area contributed by atoms with Gasteiger partial charge in [-0.05, 0) is 69.8 Å². The van der Waals surface area contributed by atoms with Crippen molar-refractivity contribution < 1.29 is 9.47 Å². The van der Waals surface area contributed by atoms with E-state index in [1.54, 1.807) is 0 Å². The van der Waals surface area contributed by atoms with E-state index in [0.29, 0.717) is 40.5 Å². The zero-order valence-corrected chi connectivity index (χ0v) is 25.9. The van der Waals surface area contributed by atoms with Crippen LogP contribution in [0.3, 0.4) is 0 Å². The summed E-state index contributed by atoms with van der Waals surface area (Å²) in [7, 11) is 0. The van der Waals surface area contributed by atoms with Crippen molar-refractivity contribution >= 4 is 0 Å². The van der Waals surface area contributed by atoms with Gasteiger partial charge in [-0.15, -0.1) is 0 Å². The van der Waals surface area contributed by atoms with Gasteiger partial charge in [-0.25, -0.2) is 15.0 Å². The van der Waals surface area contributed by atoms with E-state index in [1.807, 2.05) is 78.9 Å². The Kier molecular flexibility index (Phi) is 6.09. The second-order valence-corrected chi connectivity index (χ2v) is 12.5. The minimum Gasteiger partial charge on any atom is -0.449 e. The normalized spacial score (nSPS) is 13.4. The van der Waals surface area contributed by atoms with Crippen molar-refractivity contribution in [2.45, 2.75) is 19.3 Å². The molecule has 1 aromatic heterocycles. The third-order valence-electron chi connectivity index (χ3n) is 9.18. The van der Waals surface area contributed by atoms with Gasteiger partial charge in [0.05, 0.1) is 0 Å². The van der Waals surface area contributed by atoms with E-state index in [4.69, 9.17) is 24.4 Å². The van der Waals surface area contributed by atoms with Crippen LogP contribution in [0.15, 0.2) is 140 Å². The molecule has 6 aromatic carbocycles. The van der Waals surface area contributed by atoms with E-state index in [-0.39, 0.29) is 5.41 Å². The number of hydrogen-bond donors (Lipinski definition) is 0. The van der Waals surface area contributed by atoms with Gasteiger partial charge in [0.25, 0.3) is 0 Å². The summed E-state index contributed by atoms with van der Waals surface area (Å²) in [6.45, 7) is 4.52. The molecule has 1 aliphatic heterocycles. The highest BCUT2D eigenvalue weighted by Gasteiger charge is 2.37. The van der Waals surface area contributed by atoms with Gasteiger partial charge < -0.3 is 9.47 Å². The van der Waals surface area contributed by atoms with Crippen molar-refractivity contribution in [3.8, 4) is 79.4 Å². The molecule has 47 heavy (non-hydrogen) atoms. The molecule has 2 aliphatic rings. The molecule has 5 heteroatoms. The van der Waals surface area contributed by atoms with E-state index in [9.17, 15) is 0 Å². The summed E-state index contributed by atoms with van der Waals surface area (Å²) >= 11 is 0. The van der Waals surface area contributed by atoms with E-state index >= 15 is 0 Å². The minimum atomic E-state index is -0.140. The molecule has 0 saturated heterocycles. The van der Waals surface area contributed by atoms with Gasteiger partial charge >= 0.3 is 0 Å². The number of ether oxygens (including phenoxy) is 2. The molecule has 0 saturated carbocycles. The van der Waals surface area contributed by atoms with Gasteiger partial charge in [0.2, 0.25) is 0 Å². The van der Waals surface area contributed by atoms with Gasteiger partial charge in [-0.1, -0.05) is 117 Å². The molecule has 5 nitrogen and oxygen atoms in total. The van der Waals surface area contributed by atoms with Gasteiger partial charge in [0.15, 0.2) is 40.5 Å². The molecule has 0 atom stereocenters. The van der Waals surface area contributed by atoms with Crippen LogP contribution in [0, 0.1) is 0 Å². The highest BCUT2D eigenvalue weighted by atomic mass is 16.6. The predicted molar refractivity (Wildman–Crippen MR) is 186 cm³/mol. The first-order chi connectivity index (χ1) is 23.0. The van der Waals surface area contributed by atoms with E-state index in [2.05, 4.69) is 74.5 Å². The lowest BCUT2D eigenvalue weighted by Crippen LogP contribution is -2.15. The van der Waals surface area contributed by atoms with Gasteiger partial charge in [-0.3, -0.25) is 0 Å². The highest BCUT2D eigenvalue weighted by Crippen LogP contribution is 2.55. The number of hydrogen-bond acceptors (Lipinski definition) is 5. The maximum atomic E-state index is 6.56. The predicted octanol–water partition coefficient (Wildman–Crippen LogP) is 10.7. The maximum absolute atomic E-state index is 6.56. The van der Waals surface area contributed by atoms with E-state index < -0.39 is 0 Å². The number of fused-ring (bicyclic) bond motifs is 5. The molecule has 0 bridgehead atoms. The summed E-state index contributed by atoms with van der Waals surface area (Å²) in [6, 6.07) is 47.4. The first-order valence-corrected chi connectivity index (χ1v) is 15.8. The average Bonchev–Trinajstić information content (AvgIpc) is 3.35. The number of rotatable bonds is 4. The molecule has 0 N–H and O–H groups in total. The molecule has 0 radical (unpaired) electrons. The van der Waals surface area contributed by atoms with Crippen LogP contribution in [0.2, 0.25) is 0 Å². The lowest BCUT2D eigenvalue weighted by molar-refractivity contribution is 0.359. The van der Waals surface area contributed by atoms with E-state index in [1.165, 1.54) is 22.3 Å². The summed E-state index contributed by atoms with van der Waals surface area (Å²) < 4.78 is 13.0. The molecule has 0 amide bonds. The van der Waals surface area contributed by atoms with Crippen molar-refractivity contribution in [1.82, 2.24) is 15.0 Å². The first-order valence-electron chi connectivity index (χ1n) is 15.8. The molecule has 224 valence electrons. The van der Waals surface area contributed by atoms with Crippen molar-refractivity contribution in [2.24, 2.45) is 0 Å². The van der Waals surface area contributed by atoms with Crippen LogP contribution in [0.25, 0.3) is 56.4 Å². The Hall–Kier alpha value is -6.07. The van der Waals surface area contributed by atoms with Crippen LogP contribution in [0.5, 0.6) is 23.0 Å². The molecular weight excluding hydrogens is 578 g/mol. The first kappa shape index (κ1) is 27.3. The SMILES string of the molecule is CC1(C)c2ccccc2-c2cc3c(cc21)Oc1cc(-c2nc(-c4ccccc4)nc(-c4cccc(-c5ccccc5)c4)n2)ccc1O3. The fourth-order valence-electron chi connectivity index (χ4n) is 6.73. The fourth-order valence-corrected chi connectivity index (χ4v) is 6.73. The van der Waals surface area contributed by atoms with Gasteiger partial charge in [0.1, 0.15) is 0 Å². The van der Waals surface area contributed by atoms with Crippen LogP contribution in [-0.2, 0) is 5.41 Å². The molecule has 2 heterocycles. The average molecular weight is 608 g/mol. The quantitative estimate of drug-likeness (QED) is 0.199. The second-order valence-electron chi connectivity index (χ2n) is 12.5. The minimum absolute atomic E-state index is 0.140. The molecule has 0 unspecified atom stereocenters. The molecule has 9 rings (SSSR count). The monoisotopic (exact) mass is 607 g/mol. The summed E-state index contributed by atoms with van der Waals surface area (Å²) in [5.74, 6) is 4.45. The maximum Gasteiger partial charge on any atom is 0.170 e. The topological polar surface area (TPSA) is 57.1 Å². The smallest absolute Gasteiger partial charge is 0.170 e. The van der Waals surface area contributed by atoms with Crippen LogP contribution in [0.1, 0.15) is 25.0 Å². The second kappa shape index (κ2) is 10.5. The molecule has 0 fully saturated rings. The van der Waals surface area contributed by atoms with Crippen molar-refractivity contribution in [3.63, 3.8) is 0 Å². The zero-order chi connectivity index (χ0) is 31.5. The number of nitrogens with zero attached hydrogens (tertiary/aromatic N) is 3. The van der Waals surface area contributed by atoms with Gasteiger partial charge in [0, 0.05) is 22.1 Å². The zero-order valence-electron chi connectivity index (χ0n) is 25.9. The Balaban J connectivity index is 1.12. The van der Waals surface area contributed by atoms with Crippen molar-refractivity contribution in [1.29, 1.82) is 0 Å². The van der Waals surface area contributed by atoms with Crippen LogP contribution in [0.4, 0.5) is 0 Å². The van der Waals surface area contributed by atoms with Crippen LogP contribution >= 0.6 is 0 Å². The standard InChI is InChI=1S/C42H29N3O2/c1-42(2)33-19-10-9-18-31(33)32-24-37-38(25-34(32)42)47-36-23-30(20-21-35(36)46-37)41-44-39(27-14-7-4-8-15-27)43-40(45-41)29-17-11-16-28(22-29)26-12-5-3-6-13-26/h3-25H,1-2H3. The highest BCUT2D eigenvalue weighted by molar-refractivity contribution is 5.83. The molecule has 7 aromatic rings. The van der Waals surface area contributed by atoms with Crippen LogP contribution in [-0.4, -0.2) is 15.0 Å². The Labute approximate surface area is 273 Å². The fraction of sp³-hybridized carbons (Fsp3) is 0.0714. The molecule has 1 aliphatic carbocycles. The lowest BCUT2D eigenvalue weighted by atomic mass is 9.82. The lowest BCUT2D eigenvalue weighted by Gasteiger charge is -2.25. The Morgan fingerprint density at radius 2 is 0.936 bits per heavy atom.